The van der Waals surface area contributed by atoms with Gasteiger partial charge in [-0.15, -0.1) is 0 Å². The number of morpholine rings is 1. The molecule has 3 rings (SSSR count). The Kier molecular flexibility index (Phi) is 5.91. The number of furan rings is 1. The van der Waals surface area contributed by atoms with Crippen LogP contribution in [0, 0.1) is 0 Å². The van der Waals surface area contributed by atoms with E-state index in [2.05, 4.69) is 5.32 Å². The van der Waals surface area contributed by atoms with Crippen molar-refractivity contribution in [3.05, 3.63) is 54.0 Å². The summed E-state index contributed by atoms with van der Waals surface area (Å²) in [6.45, 7) is 3.60. The first kappa shape index (κ1) is 18.0. The molecule has 26 heavy (non-hydrogen) atoms. The summed E-state index contributed by atoms with van der Waals surface area (Å²) in [5, 5.41) is 3.15. The summed E-state index contributed by atoms with van der Waals surface area (Å²) in [5.74, 6) is 0.00140. The molecule has 1 saturated heterocycles. The van der Waals surface area contributed by atoms with Crippen molar-refractivity contribution in [2.45, 2.75) is 19.6 Å². The summed E-state index contributed by atoms with van der Waals surface area (Å²) in [4.78, 5) is 26.3. The molecule has 0 saturated carbocycles. The average molecular weight is 358 g/mol. The molecule has 1 aliphatic heterocycles. The van der Waals surface area contributed by atoms with Crippen molar-refractivity contribution in [2.75, 3.05) is 31.6 Å². The number of nitrogens with one attached hydrogen (secondary N) is 1. The second-order valence-corrected chi connectivity index (χ2v) is 6.08. The lowest BCUT2D eigenvalue weighted by Crippen LogP contribution is -2.46. The zero-order valence-corrected chi connectivity index (χ0v) is 14.6. The van der Waals surface area contributed by atoms with Crippen LogP contribution >= 0.6 is 0 Å². The van der Waals surface area contributed by atoms with Crippen LogP contribution in [0.25, 0.3) is 0 Å². The van der Waals surface area contributed by atoms with E-state index in [1.54, 1.807) is 35.4 Å². The zero-order valence-electron chi connectivity index (χ0n) is 14.6. The maximum absolute atomic E-state index is 12.4. The van der Waals surface area contributed by atoms with Crippen LogP contribution in [0.4, 0.5) is 5.69 Å². The third-order valence-electron chi connectivity index (χ3n) is 4.10. The summed E-state index contributed by atoms with van der Waals surface area (Å²) in [7, 11) is 0. The lowest BCUT2D eigenvalue weighted by atomic mass is 10.2. The highest BCUT2D eigenvalue weighted by Gasteiger charge is 2.23. The molecule has 1 fully saturated rings. The quantitative estimate of drug-likeness (QED) is 0.798. The predicted octanol–water partition coefficient (Wildman–Crippen LogP) is 2.30. The van der Waals surface area contributed by atoms with Crippen molar-refractivity contribution in [1.29, 1.82) is 0 Å². The van der Waals surface area contributed by atoms with E-state index in [0.29, 0.717) is 37.5 Å². The highest BCUT2D eigenvalue weighted by Crippen LogP contribution is 2.17. The molecule has 1 unspecified atom stereocenters. The number of amides is 1. The molecule has 0 radical (unpaired) electrons. The van der Waals surface area contributed by atoms with Gasteiger partial charge in [0.25, 0.3) is 5.91 Å². The summed E-state index contributed by atoms with van der Waals surface area (Å²) >= 11 is 0. The van der Waals surface area contributed by atoms with Crippen LogP contribution in [0.3, 0.4) is 0 Å². The second kappa shape index (κ2) is 8.53. The maximum Gasteiger partial charge on any atom is 0.340 e. The number of hydrogen-bond acceptors (Lipinski definition) is 6. The number of para-hydroxylation sites is 1. The molecule has 1 N–H and O–H groups in total. The Balaban J connectivity index is 1.56. The average Bonchev–Trinajstić information content (AvgIpc) is 3.18. The minimum Gasteiger partial charge on any atom is -0.467 e. The van der Waals surface area contributed by atoms with E-state index in [9.17, 15) is 9.59 Å². The molecule has 1 aliphatic rings. The SMILES string of the molecule is CC1CN(C(=O)COC(=O)c2ccccc2NCc2ccco2)CCO1. The first-order valence-electron chi connectivity index (χ1n) is 8.55. The van der Waals surface area contributed by atoms with E-state index >= 15 is 0 Å². The van der Waals surface area contributed by atoms with Gasteiger partial charge < -0.3 is 24.1 Å². The van der Waals surface area contributed by atoms with Gasteiger partial charge in [0.1, 0.15) is 5.76 Å². The molecule has 7 nitrogen and oxygen atoms in total. The van der Waals surface area contributed by atoms with E-state index in [-0.39, 0.29) is 18.6 Å². The van der Waals surface area contributed by atoms with Gasteiger partial charge >= 0.3 is 5.97 Å². The third kappa shape index (κ3) is 4.64. The molecule has 2 aromatic rings. The Bertz CT molecular complexity index is 744. The summed E-state index contributed by atoms with van der Waals surface area (Å²) < 4.78 is 15.9. The number of carbonyl (C=O) groups is 2. The summed E-state index contributed by atoms with van der Waals surface area (Å²) in [6, 6.07) is 10.7. The molecule has 2 heterocycles. The highest BCUT2D eigenvalue weighted by atomic mass is 16.5. The molecule has 1 atom stereocenters. The number of hydrogen-bond donors (Lipinski definition) is 1. The molecule has 0 bridgehead atoms. The van der Waals surface area contributed by atoms with Crippen LogP contribution in [-0.2, 0) is 20.8 Å². The van der Waals surface area contributed by atoms with E-state index < -0.39 is 5.97 Å². The molecular formula is C19H22N2O5. The normalized spacial score (nSPS) is 17.0. The Hall–Kier alpha value is -2.80. The van der Waals surface area contributed by atoms with Gasteiger partial charge in [-0.2, -0.15) is 0 Å². The minimum atomic E-state index is -0.540. The summed E-state index contributed by atoms with van der Waals surface area (Å²) in [6.07, 6.45) is 1.59. The Morgan fingerprint density at radius 2 is 2.12 bits per heavy atom. The van der Waals surface area contributed by atoms with Gasteiger partial charge in [-0.1, -0.05) is 12.1 Å². The lowest BCUT2D eigenvalue weighted by Gasteiger charge is -2.30. The van der Waals surface area contributed by atoms with Crippen molar-refractivity contribution in [1.82, 2.24) is 4.90 Å². The van der Waals surface area contributed by atoms with Gasteiger partial charge in [-0.05, 0) is 31.2 Å². The number of anilines is 1. The van der Waals surface area contributed by atoms with Gasteiger partial charge in [0.15, 0.2) is 6.61 Å². The van der Waals surface area contributed by atoms with Crippen LogP contribution < -0.4 is 5.32 Å². The van der Waals surface area contributed by atoms with Gasteiger partial charge in [0, 0.05) is 18.8 Å². The largest absolute Gasteiger partial charge is 0.467 e. The smallest absolute Gasteiger partial charge is 0.340 e. The standard InChI is InChI=1S/C19H22N2O5/c1-14-12-21(8-10-24-14)18(22)13-26-19(23)16-6-2-3-7-17(16)20-11-15-5-4-9-25-15/h2-7,9,14,20H,8,10-13H2,1H3. The van der Waals surface area contributed by atoms with Crippen molar-refractivity contribution >= 4 is 17.6 Å². The monoisotopic (exact) mass is 358 g/mol. The third-order valence-corrected chi connectivity index (χ3v) is 4.10. The molecule has 7 heteroatoms. The van der Waals surface area contributed by atoms with Gasteiger partial charge in [-0.3, -0.25) is 4.79 Å². The summed E-state index contributed by atoms with van der Waals surface area (Å²) in [5.41, 5.74) is 1.00. The fourth-order valence-corrected chi connectivity index (χ4v) is 2.75. The molecular weight excluding hydrogens is 336 g/mol. The van der Waals surface area contributed by atoms with Gasteiger partial charge in [0.05, 0.1) is 31.1 Å². The maximum atomic E-state index is 12.4. The number of ether oxygens (including phenoxy) is 2. The number of nitrogens with zero attached hydrogens (tertiary/aromatic N) is 1. The van der Waals surface area contributed by atoms with Crippen molar-refractivity contribution in [3.8, 4) is 0 Å². The highest BCUT2D eigenvalue weighted by molar-refractivity contribution is 5.96. The Labute approximate surface area is 151 Å². The molecule has 1 aromatic heterocycles. The molecule has 0 aliphatic carbocycles. The van der Waals surface area contributed by atoms with Gasteiger partial charge in [-0.25, -0.2) is 4.79 Å². The predicted molar refractivity (Wildman–Crippen MR) is 94.8 cm³/mol. The van der Waals surface area contributed by atoms with Gasteiger partial charge in [0.2, 0.25) is 0 Å². The minimum absolute atomic E-state index is 0.00470. The topological polar surface area (TPSA) is 81.0 Å². The van der Waals surface area contributed by atoms with E-state index in [4.69, 9.17) is 13.9 Å². The van der Waals surface area contributed by atoms with Crippen LogP contribution in [0.2, 0.25) is 0 Å². The van der Waals surface area contributed by atoms with E-state index in [0.717, 1.165) is 5.76 Å². The molecule has 0 spiro atoms. The number of benzene rings is 1. The Morgan fingerprint density at radius 3 is 2.88 bits per heavy atom. The van der Waals surface area contributed by atoms with E-state index in [1.165, 1.54) is 0 Å². The second-order valence-electron chi connectivity index (χ2n) is 6.08. The molecule has 1 aromatic carbocycles. The first-order valence-corrected chi connectivity index (χ1v) is 8.55. The number of rotatable bonds is 6. The van der Waals surface area contributed by atoms with Crippen molar-refractivity contribution in [3.63, 3.8) is 0 Å². The molecule has 1 amide bonds. The van der Waals surface area contributed by atoms with Crippen molar-refractivity contribution < 1.29 is 23.5 Å². The fraction of sp³-hybridized carbons (Fsp3) is 0.368. The first-order chi connectivity index (χ1) is 12.6. The van der Waals surface area contributed by atoms with Crippen LogP contribution in [0.5, 0.6) is 0 Å². The van der Waals surface area contributed by atoms with Crippen LogP contribution in [-0.4, -0.2) is 49.2 Å². The van der Waals surface area contributed by atoms with Crippen molar-refractivity contribution in [2.24, 2.45) is 0 Å². The van der Waals surface area contributed by atoms with Crippen LogP contribution in [0.15, 0.2) is 47.1 Å². The van der Waals surface area contributed by atoms with Crippen LogP contribution in [0.1, 0.15) is 23.0 Å². The Morgan fingerprint density at radius 1 is 1.27 bits per heavy atom. The van der Waals surface area contributed by atoms with E-state index in [1.807, 2.05) is 19.1 Å². The fourth-order valence-electron chi connectivity index (χ4n) is 2.75. The zero-order chi connectivity index (χ0) is 18.4. The molecule has 138 valence electrons. The number of esters is 1. The lowest BCUT2D eigenvalue weighted by molar-refractivity contribution is -0.141. The number of carbonyl (C=O) groups excluding carboxylic acids is 2.